The van der Waals surface area contributed by atoms with E-state index in [-0.39, 0.29) is 0 Å². The Balaban J connectivity index is 2.77. The summed E-state index contributed by atoms with van der Waals surface area (Å²) >= 11 is 0. The smallest absolute Gasteiger partial charge is 0.173 e. The van der Waals surface area contributed by atoms with Crippen LogP contribution >= 0.6 is 0 Å². The van der Waals surface area contributed by atoms with Crippen molar-refractivity contribution >= 4 is 11.5 Å². The predicted molar refractivity (Wildman–Crippen MR) is 69.6 cm³/mol. The van der Waals surface area contributed by atoms with Crippen molar-refractivity contribution in [2.24, 2.45) is 13.0 Å². The molecule has 0 saturated carbocycles. The number of hydrogen-bond donors (Lipinski definition) is 1. The average Bonchev–Trinajstić information content (AvgIpc) is 2.60. The largest absolute Gasteiger partial charge is 0.394 e. The summed E-state index contributed by atoms with van der Waals surface area (Å²) in [6.45, 7) is 8.63. The van der Waals surface area contributed by atoms with Gasteiger partial charge < -0.3 is 10.6 Å². The lowest BCUT2D eigenvalue weighted by molar-refractivity contribution is 0.484. The summed E-state index contributed by atoms with van der Waals surface area (Å²) < 4.78 is 1.78. The molecule has 1 aromatic heterocycles. The summed E-state index contributed by atoms with van der Waals surface area (Å²) in [5, 5.41) is 4.42. The van der Waals surface area contributed by atoms with Crippen molar-refractivity contribution in [1.82, 2.24) is 9.78 Å². The number of nitrogens with zero attached hydrogens (tertiary/aromatic N) is 3. The van der Waals surface area contributed by atoms with Gasteiger partial charge in [0.1, 0.15) is 0 Å². The first-order chi connectivity index (χ1) is 7.62. The van der Waals surface area contributed by atoms with E-state index in [0.29, 0.717) is 0 Å². The van der Waals surface area contributed by atoms with E-state index in [4.69, 9.17) is 5.73 Å². The van der Waals surface area contributed by atoms with Gasteiger partial charge in [0.25, 0.3) is 0 Å². The van der Waals surface area contributed by atoms with E-state index in [0.717, 1.165) is 30.5 Å². The van der Waals surface area contributed by atoms with Crippen LogP contribution in [0.2, 0.25) is 0 Å². The van der Waals surface area contributed by atoms with Gasteiger partial charge >= 0.3 is 0 Å². The van der Waals surface area contributed by atoms with Gasteiger partial charge in [-0.3, -0.25) is 4.68 Å². The number of rotatable bonds is 6. The molecular formula is C12H24N4. The van der Waals surface area contributed by atoms with Crippen LogP contribution < -0.4 is 10.6 Å². The Kier molecular flexibility index (Phi) is 4.65. The minimum absolute atomic E-state index is 0.723. The lowest BCUT2D eigenvalue weighted by Gasteiger charge is -2.25. The minimum atomic E-state index is 0.723. The molecular weight excluding hydrogens is 200 g/mol. The fourth-order valence-electron chi connectivity index (χ4n) is 1.96. The molecule has 0 aliphatic heterocycles. The molecule has 0 aliphatic carbocycles. The highest BCUT2D eigenvalue weighted by atomic mass is 15.3. The Bertz CT molecular complexity index is 315. The van der Waals surface area contributed by atoms with Crippen LogP contribution in [0.3, 0.4) is 0 Å². The third-order valence-electron chi connectivity index (χ3n) is 3.15. The standard InChI is InChI=1S/C12H24N4/c1-5-10(6-2)8-16(7-3)12-11(13)9-15(4)14-12/h9-10H,5-8,13H2,1-4H3. The molecule has 4 nitrogen and oxygen atoms in total. The van der Waals surface area contributed by atoms with E-state index in [1.807, 2.05) is 13.2 Å². The molecule has 0 spiro atoms. The fourth-order valence-corrected chi connectivity index (χ4v) is 1.96. The van der Waals surface area contributed by atoms with Crippen LogP contribution in [0.15, 0.2) is 6.20 Å². The van der Waals surface area contributed by atoms with Crippen molar-refractivity contribution in [1.29, 1.82) is 0 Å². The molecule has 0 radical (unpaired) electrons. The van der Waals surface area contributed by atoms with Gasteiger partial charge in [0.2, 0.25) is 0 Å². The molecule has 2 N–H and O–H groups in total. The summed E-state index contributed by atoms with van der Waals surface area (Å²) in [4.78, 5) is 2.27. The van der Waals surface area contributed by atoms with Gasteiger partial charge in [-0.05, 0) is 12.8 Å². The molecule has 0 aliphatic rings. The number of hydrogen-bond acceptors (Lipinski definition) is 3. The highest BCUT2D eigenvalue weighted by Gasteiger charge is 2.15. The molecule has 1 rings (SSSR count). The summed E-state index contributed by atoms with van der Waals surface area (Å²) in [6.07, 6.45) is 4.28. The Morgan fingerprint density at radius 2 is 2.00 bits per heavy atom. The second-order valence-corrected chi connectivity index (χ2v) is 4.30. The van der Waals surface area contributed by atoms with Crippen molar-refractivity contribution in [2.75, 3.05) is 23.7 Å². The molecule has 92 valence electrons. The van der Waals surface area contributed by atoms with Crippen LogP contribution in [0, 0.1) is 5.92 Å². The molecule has 0 fully saturated rings. The van der Waals surface area contributed by atoms with Crippen LogP contribution in [-0.4, -0.2) is 22.9 Å². The molecule has 0 bridgehead atoms. The lowest BCUT2D eigenvalue weighted by Crippen LogP contribution is -2.30. The Morgan fingerprint density at radius 3 is 2.38 bits per heavy atom. The summed E-state index contributed by atoms with van der Waals surface area (Å²) in [5.41, 5.74) is 6.72. The van der Waals surface area contributed by atoms with Crippen LogP contribution in [0.5, 0.6) is 0 Å². The van der Waals surface area contributed by atoms with Gasteiger partial charge in [0.15, 0.2) is 5.82 Å². The number of aromatic nitrogens is 2. The lowest BCUT2D eigenvalue weighted by atomic mass is 10.0. The Morgan fingerprint density at radius 1 is 1.38 bits per heavy atom. The zero-order chi connectivity index (χ0) is 12.1. The van der Waals surface area contributed by atoms with Gasteiger partial charge in [0, 0.05) is 26.3 Å². The first-order valence-electron chi connectivity index (χ1n) is 6.16. The third-order valence-corrected chi connectivity index (χ3v) is 3.15. The molecule has 0 saturated heterocycles. The second kappa shape index (κ2) is 5.77. The fraction of sp³-hybridized carbons (Fsp3) is 0.750. The van der Waals surface area contributed by atoms with Crippen molar-refractivity contribution < 1.29 is 0 Å². The minimum Gasteiger partial charge on any atom is -0.394 e. The number of aryl methyl sites for hydroxylation is 1. The van der Waals surface area contributed by atoms with Crippen molar-refractivity contribution in [3.05, 3.63) is 6.20 Å². The Labute approximate surface area is 98.4 Å². The zero-order valence-corrected chi connectivity index (χ0v) is 10.9. The highest BCUT2D eigenvalue weighted by Crippen LogP contribution is 2.22. The van der Waals surface area contributed by atoms with Crippen molar-refractivity contribution in [2.45, 2.75) is 33.6 Å². The van der Waals surface area contributed by atoms with Gasteiger partial charge in [-0.25, -0.2) is 0 Å². The zero-order valence-electron chi connectivity index (χ0n) is 10.9. The van der Waals surface area contributed by atoms with E-state index >= 15 is 0 Å². The third kappa shape index (κ3) is 2.90. The number of anilines is 2. The van der Waals surface area contributed by atoms with Gasteiger partial charge in [-0.1, -0.05) is 26.7 Å². The molecule has 0 aromatic carbocycles. The van der Waals surface area contributed by atoms with Crippen LogP contribution in [0.1, 0.15) is 33.6 Å². The van der Waals surface area contributed by atoms with Gasteiger partial charge in [0.05, 0.1) is 5.69 Å². The normalized spacial score (nSPS) is 11.1. The van der Waals surface area contributed by atoms with E-state index in [1.54, 1.807) is 4.68 Å². The molecule has 1 aromatic rings. The first kappa shape index (κ1) is 12.9. The number of nitrogen functional groups attached to an aromatic ring is 1. The summed E-state index contributed by atoms with van der Waals surface area (Å²) in [6, 6.07) is 0. The van der Waals surface area contributed by atoms with Crippen LogP contribution in [0.4, 0.5) is 11.5 Å². The van der Waals surface area contributed by atoms with Crippen molar-refractivity contribution in [3.63, 3.8) is 0 Å². The monoisotopic (exact) mass is 224 g/mol. The average molecular weight is 224 g/mol. The molecule has 16 heavy (non-hydrogen) atoms. The maximum Gasteiger partial charge on any atom is 0.173 e. The maximum absolute atomic E-state index is 5.95. The maximum atomic E-state index is 5.95. The summed E-state index contributed by atoms with van der Waals surface area (Å²) in [7, 11) is 1.91. The van der Waals surface area contributed by atoms with E-state index in [2.05, 4.69) is 30.8 Å². The molecule has 0 unspecified atom stereocenters. The number of nitrogens with two attached hydrogens (primary N) is 1. The topological polar surface area (TPSA) is 47.1 Å². The quantitative estimate of drug-likeness (QED) is 0.806. The van der Waals surface area contributed by atoms with E-state index in [9.17, 15) is 0 Å². The molecule has 1 heterocycles. The highest BCUT2D eigenvalue weighted by molar-refractivity contribution is 5.61. The van der Waals surface area contributed by atoms with Crippen LogP contribution in [-0.2, 0) is 7.05 Å². The van der Waals surface area contributed by atoms with E-state index < -0.39 is 0 Å². The van der Waals surface area contributed by atoms with Gasteiger partial charge in [-0.2, -0.15) is 5.10 Å². The SMILES string of the molecule is CCC(CC)CN(CC)c1nn(C)cc1N. The molecule has 4 heteroatoms. The van der Waals surface area contributed by atoms with Gasteiger partial charge in [-0.15, -0.1) is 0 Å². The summed E-state index contributed by atoms with van der Waals surface area (Å²) in [5.74, 6) is 1.65. The van der Waals surface area contributed by atoms with Crippen LogP contribution in [0.25, 0.3) is 0 Å². The molecule has 0 atom stereocenters. The molecule has 0 amide bonds. The predicted octanol–water partition coefficient (Wildman–Crippen LogP) is 2.26. The van der Waals surface area contributed by atoms with Crippen molar-refractivity contribution in [3.8, 4) is 0 Å². The first-order valence-corrected chi connectivity index (χ1v) is 6.16. The van der Waals surface area contributed by atoms with E-state index in [1.165, 1.54) is 12.8 Å². The second-order valence-electron chi connectivity index (χ2n) is 4.30. The Hall–Kier alpha value is -1.19.